The number of halogens is 3. The molecule has 244 valence electrons. The summed E-state index contributed by atoms with van der Waals surface area (Å²) in [7, 11) is 2.86. The van der Waals surface area contributed by atoms with Gasteiger partial charge in [0.25, 0.3) is 0 Å². The van der Waals surface area contributed by atoms with E-state index in [1.165, 1.54) is 12.0 Å². The summed E-state index contributed by atoms with van der Waals surface area (Å²) in [5, 5.41) is 0. The van der Waals surface area contributed by atoms with Crippen molar-refractivity contribution in [2.24, 2.45) is 0 Å². The number of carbonyl (C=O) groups is 2. The Bertz CT molecular complexity index is 1830. The van der Waals surface area contributed by atoms with Crippen LogP contribution in [-0.4, -0.2) is 60.3 Å². The molecule has 4 aromatic rings. The smallest absolute Gasteiger partial charge is 0.416 e. The molecule has 47 heavy (non-hydrogen) atoms. The van der Waals surface area contributed by atoms with Gasteiger partial charge < -0.3 is 19.1 Å². The van der Waals surface area contributed by atoms with Crippen molar-refractivity contribution in [3.8, 4) is 28.0 Å². The number of carbonyl (C=O) groups excluding carboxylic acids is 2. The van der Waals surface area contributed by atoms with Gasteiger partial charge in [-0.05, 0) is 73.9 Å². The number of ether oxygens (including phenoxy) is 3. The maximum absolute atomic E-state index is 13.6. The lowest BCUT2D eigenvalue weighted by atomic mass is 9.96. The zero-order valence-electron chi connectivity index (χ0n) is 26.3. The minimum Gasteiger partial charge on any atom is -0.496 e. The summed E-state index contributed by atoms with van der Waals surface area (Å²) in [6, 6.07) is 16.0. The fraction of sp³-hybridized carbons (Fsp3) is 0.314. The highest BCUT2D eigenvalue weighted by Crippen LogP contribution is 2.41. The lowest BCUT2D eigenvalue weighted by Crippen LogP contribution is -2.38. The van der Waals surface area contributed by atoms with Gasteiger partial charge in [0.2, 0.25) is 0 Å². The number of methoxy groups -OCH3 is 2. The van der Waals surface area contributed by atoms with Crippen molar-refractivity contribution < 1.29 is 37.0 Å². The minimum atomic E-state index is -4.53. The molecule has 2 aliphatic heterocycles. The molecule has 0 bridgehead atoms. The number of benzene rings is 2. The van der Waals surface area contributed by atoms with Crippen LogP contribution in [0, 0.1) is 6.92 Å². The van der Waals surface area contributed by atoms with Gasteiger partial charge in [-0.1, -0.05) is 23.8 Å². The molecule has 6 rings (SSSR count). The summed E-state index contributed by atoms with van der Waals surface area (Å²) in [6.45, 7) is 5.11. The fourth-order valence-corrected chi connectivity index (χ4v) is 5.93. The van der Waals surface area contributed by atoms with Gasteiger partial charge in [0.1, 0.15) is 23.4 Å². The second kappa shape index (κ2) is 12.6. The first-order chi connectivity index (χ1) is 22.5. The number of alkyl halides is 3. The van der Waals surface area contributed by atoms with Crippen molar-refractivity contribution >= 4 is 17.9 Å². The van der Waals surface area contributed by atoms with Gasteiger partial charge in [-0.2, -0.15) is 13.2 Å². The van der Waals surface area contributed by atoms with Crippen molar-refractivity contribution in [3.05, 3.63) is 94.9 Å². The van der Waals surface area contributed by atoms with Gasteiger partial charge in [-0.3, -0.25) is 4.90 Å². The molecule has 2 aromatic carbocycles. The molecule has 12 heteroatoms. The van der Waals surface area contributed by atoms with Gasteiger partial charge in [0.05, 0.1) is 38.1 Å². The molecule has 0 aliphatic carbocycles. The van der Waals surface area contributed by atoms with E-state index >= 15 is 0 Å². The third kappa shape index (κ3) is 6.32. The van der Waals surface area contributed by atoms with Crippen molar-refractivity contribution in [1.82, 2.24) is 14.9 Å². The van der Waals surface area contributed by atoms with Crippen LogP contribution in [-0.2, 0) is 22.2 Å². The fourth-order valence-electron chi connectivity index (χ4n) is 5.93. The number of cyclic esters (lactones) is 1. The largest absolute Gasteiger partial charge is 0.496 e. The van der Waals surface area contributed by atoms with E-state index in [2.05, 4.69) is 9.88 Å². The first-order valence-corrected chi connectivity index (χ1v) is 15.1. The molecule has 0 spiro atoms. The molecule has 2 atom stereocenters. The predicted molar refractivity (Wildman–Crippen MR) is 168 cm³/mol. The third-order valence-electron chi connectivity index (χ3n) is 8.59. The highest BCUT2D eigenvalue weighted by molar-refractivity contribution is 5.88. The second-order valence-corrected chi connectivity index (χ2v) is 11.6. The number of esters is 1. The number of hydrogen-bond donors (Lipinski definition) is 0. The van der Waals surface area contributed by atoms with Crippen LogP contribution in [0.5, 0.6) is 5.75 Å². The van der Waals surface area contributed by atoms with Crippen LogP contribution >= 0.6 is 0 Å². The number of pyridine rings is 2. The summed E-state index contributed by atoms with van der Waals surface area (Å²) in [5.41, 5.74) is 3.66. The molecular formula is C35H33F3N4O5. The monoisotopic (exact) mass is 646 g/mol. The molecule has 2 saturated heterocycles. The summed E-state index contributed by atoms with van der Waals surface area (Å²) in [5.74, 6) is 0.796. The van der Waals surface area contributed by atoms with Crippen LogP contribution in [0.4, 0.5) is 23.8 Å². The van der Waals surface area contributed by atoms with Crippen LogP contribution in [0.25, 0.3) is 22.3 Å². The number of aryl methyl sites for hydroxylation is 1. The van der Waals surface area contributed by atoms with Crippen molar-refractivity contribution in [1.29, 1.82) is 0 Å². The minimum absolute atomic E-state index is 0.0498. The highest BCUT2D eigenvalue weighted by Gasteiger charge is 2.41. The van der Waals surface area contributed by atoms with E-state index in [-0.39, 0.29) is 17.8 Å². The quantitative estimate of drug-likeness (QED) is 0.185. The molecule has 0 N–H and O–H groups in total. The lowest BCUT2D eigenvalue weighted by Gasteiger charge is -2.33. The molecule has 4 heterocycles. The molecular weight excluding hydrogens is 613 g/mol. The molecule has 0 unspecified atom stereocenters. The Morgan fingerprint density at radius 3 is 2.40 bits per heavy atom. The first kappa shape index (κ1) is 31.8. The molecule has 0 radical (unpaired) electrons. The number of aromatic nitrogens is 2. The van der Waals surface area contributed by atoms with Crippen LogP contribution in [0.2, 0.25) is 0 Å². The van der Waals surface area contributed by atoms with Gasteiger partial charge in [0, 0.05) is 36.0 Å². The third-order valence-corrected chi connectivity index (χ3v) is 8.59. The molecule has 2 fully saturated rings. The van der Waals surface area contributed by atoms with E-state index in [1.54, 1.807) is 45.4 Å². The molecule has 2 aromatic heterocycles. The standard InChI is InChI=1S/C35H33F3N4O5/c1-20-14-24(16-25(15-20)35(36,37)38)32-21(2)42(34(44)47-32)19-29-26(8-11-31(40-29)41-12-5-13-41)27-17-22(7-10-30(27)45-3)23-6-9-28(39-18-23)33(43)46-4/h6-11,14-18,21,32H,5,12-13,19H2,1-4H3/t21-,32-/m0/s1. The molecule has 0 saturated carbocycles. The predicted octanol–water partition coefficient (Wildman–Crippen LogP) is 7.23. The van der Waals surface area contributed by atoms with E-state index in [1.807, 2.05) is 30.3 Å². The maximum atomic E-state index is 13.6. The number of anilines is 1. The summed E-state index contributed by atoms with van der Waals surface area (Å²) in [6.07, 6.45) is -3.44. The molecule has 9 nitrogen and oxygen atoms in total. The van der Waals surface area contributed by atoms with Crippen LogP contribution in [0.15, 0.2) is 66.9 Å². The van der Waals surface area contributed by atoms with E-state index in [0.717, 1.165) is 48.6 Å². The van der Waals surface area contributed by atoms with Crippen molar-refractivity contribution in [3.63, 3.8) is 0 Å². The lowest BCUT2D eigenvalue weighted by molar-refractivity contribution is -0.137. The molecule has 1 amide bonds. The van der Waals surface area contributed by atoms with E-state index in [9.17, 15) is 22.8 Å². The zero-order valence-corrected chi connectivity index (χ0v) is 26.3. The SMILES string of the molecule is COC(=O)c1ccc(-c2ccc(OC)c(-c3ccc(N4CCC4)nc3CN3C(=O)O[C@H](c4cc(C)cc(C(F)(F)F)c4)[C@@H]3C)c2)cn1. The topological polar surface area (TPSA) is 94.1 Å². The number of amides is 1. The zero-order chi connectivity index (χ0) is 33.5. The van der Waals surface area contributed by atoms with Crippen LogP contribution in [0.3, 0.4) is 0 Å². The van der Waals surface area contributed by atoms with E-state index in [4.69, 9.17) is 19.2 Å². The van der Waals surface area contributed by atoms with E-state index in [0.29, 0.717) is 28.1 Å². The average molecular weight is 647 g/mol. The Hall–Kier alpha value is -5.13. The summed E-state index contributed by atoms with van der Waals surface area (Å²) >= 11 is 0. The van der Waals surface area contributed by atoms with E-state index < -0.39 is 35.9 Å². The van der Waals surface area contributed by atoms with Gasteiger partial charge in [0.15, 0.2) is 0 Å². The Morgan fingerprint density at radius 2 is 1.77 bits per heavy atom. The highest BCUT2D eigenvalue weighted by atomic mass is 19.4. The van der Waals surface area contributed by atoms with Crippen LogP contribution < -0.4 is 9.64 Å². The second-order valence-electron chi connectivity index (χ2n) is 11.6. The first-order valence-electron chi connectivity index (χ1n) is 15.1. The van der Waals surface area contributed by atoms with Crippen molar-refractivity contribution in [2.75, 3.05) is 32.2 Å². The summed E-state index contributed by atoms with van der Waals surface area (Å²) in [4.78, 5) is 38.1. The van der Waals surface area contributed by atoms with Gasteiger partial charge >= 0.3 is 18.2 Å². The van der Waals surface area contributed by atoms with Gasteiger partial charge in [-0.15, -0.1) is 0 Å². The van der Waals surface area contributed by atoms with Gasteiger partial charge in [-0.25, -0.2) is 19.6 Å². The normalized spacial score (nSPS) is 17.7. The Balaban J connectivity index is 1.37. The Kier molecular flexibility index (Phi) is 8.52. The number of rotatable bonds is 8. The molecule has 2 aliphatic rings. The number of nitrogens with zero attached hydrogens (tertiary/aromatic N) is 4. The van der Waals surface area contributed by atoms with Crippen molar-refractivity contribution in [2.45, 2.75) is 45.1 Å². The average Bonchev–Trinajstić information content (AvgIpc) is 3.31. The Morgan fingerprint density at radius 1 is 1.00 bits per heavy atom. The Labute approximate surface area is 269 Å². The van der Waals surface area contributed by atoms with Crippen LogP contribution in [0.1, 0.15) is 52.3 Å². The number of hydrogen-bond acceptors (Lipinski definition) is 8. The summed E-state index contributed by atoms with van der Waals surface area (Å²) < 4.78 is 57.0. The maximum Gasteiger partial charge on any atom is 0.416 e.